The van der Waals surface area contributed by atoms with Crippen molar-refractivity contribution in [2.75, 3.05) is 44.5 Å². The van der Waals surface area contributed by atoms with Crippen LogP contribution in [0.3, 0.4) is 0 Å². The van der Waals surface area contributed by atoms with Gasteiger partial charge in [-0.25, -0.2) is 22.8 Å². The van der Waals surface area contributed by atoms with Gasteiger partial charge in [0.05, 0.1) is 26.6 Å². The molecule has 1 fully saturated rings. The fourth-order valence-corrected chi connectivity index (χ4v) is 7.95. The van der Waals surface area contributed by atoms with E-state index in [0.29, 0.717) is 43.3 Å². The SMILES string of the molecule is COc1c(Nc2cc(C)[nH]n2)nc(Sc2ccc(S(=O)(=O)C(C)(C)c3cccc([N+](=O)[O-])c3F)cc2F)nc1N1CCC(C(=O)N(C)C)CC1. The molecule has 2 N–H and O–H groups in total. The number of hydrogen-bond acceptors (Lipinski definition) is 12. The number of anilines is 3. The smallest absolute Gasteiger partial charge is 0.305 e. The van der Waals surface area contributed by atoms with Crippen LogP contribution in [0.2, 0.25) is 0 Å². The molecule has 0 unspecified atom stereocenters. The zero-order chi connectivity index (χ0) is 36.5. The molecule has 14 nitrogen and oxygen atoms in total. The summed E-state index contributed by atoms with van der Waals surface area (Å²) >= 11 is 0.843. The molecule has 50 heavy (non-hydrogen) atoms. The molecule has 0 bridgehead atoms. The van der Waals surface area contributed by atoms with E-state index >= 15 is 8.78 Å². The number of methoxy groups -OCH3 is 1. The fourth-order valence-electron chi connectivity index (χ4n) is 5.65. The highest BCUT2D eigenvalue weighted by molar-refractivity contribution is 7.99. The van der Waals surface area contributed by atoms with E-state index in [0.717, 1.165) is 35.7 Å². The lowest BCUT2D eigenvalue weighted by Gasteiger charge is -2.34. The van der Waals surface area contributed by atoms with Crippen LogP contribution in [-0.4, -0.2) is 78.6 Å². The molecule has 1 aliphatic heterocycles. The first-order valence-corrected chi connectivity index (χ1v) is 17.7. The summed E-state index contributed by atoms with van der Waals surface area (Å²) in [6.45, 7) is 5.21. The second-order valence-electron chi connectivity index (χ2n) is 12.4. The number of carbonyl (C=O) groups excluding carboxylic acids is 1. The second-order valence-corrected chi connectivity index (χ2v) is 15.9. The Morgan fingerprint density at radius 2 is 1.86 bits per heavy atom. The van der Waals surface area contributed by atoms with E-state index in [4.69, 9.17) is 9.72 Å². The Hall–Kier alpha value is -4.84. The summed E-state index contributed by atoms with van der Waals surface area (Å²) in [7, 11) is 0.446. The number of nitrogens with one attached hydrogen (secondary N) is 2. The summed E-state index contributed by atoms with van der Waals surface area (Å²) in [4.78, 5) is 35.3. The Morgan fingerprint density at radius 1 is 1.16 bits per heavy atom. The lowest BCUT2D eigenvalue weighted by Crippen LogP contribution is -2.40. The lowest BCUT2D eigenvalue weighted by atomic mass is 9.95. The topological polar surface area (TPSA) is 177 Å². The summed E-state index contributed by atoms with van der Waals surface area (Å²) in [5.74, 6) is -0.873. The minimum Gasteiger partial charge on any atom is -0.490 e. The number of ether oxygens (including phenoxy) is 1. The third kappa shape index (κ3) is 7.07. The highest BCUT2D eigenvalue weighted by atomic mass is 32.2. The maximum atomic E-state index is 15.7. The molecule has 1 saturated heterocycles. The van der Waals surface area contributed by atoms with Gasteiger partial charge in [-0.15, -0.1) is 0 Å². The van der Waals surface area contributed by atoms with Gasteiger partial charge in [0, 0.05) is 56.5 Å². The quantitative estimate of drug-likeness (QED) is 0.111. The van der Waals surface area contributed by atoms with E-state index in [9.17, 15) is 23.3 Å². The lowest BCUT2D eigenvalue weighted by molar-refractivity contribution is -0.387. The van der Waals surface area contributed by atoms with Gasteiger partial charge in [-0.3, -0.25) is 20.0 Å². The average molecular weight is 731 g/mol. The Bertz CT molecular complexity index is 2050. The molecule has 0 aliphatic carbocycles. The van der Waals surface area contributed by atoms with Gasteiger partial charge in [0.25, 0.3) is 0 Å². The highest BCUT2D eigenvalue weighted by Crippen LogP contribution is 2.42. The van der Waals surface area contributed by atoms with Gasteiger partial charge >= 0.3 is 5.69 Å². The van der Waals surface area contributed by atoms with E-state index in [-0.39, 0.29) is 27.7 Å². The van der Waals surface area contributed by atoms with Crippen LogP contribution in [0, 0.1) is 34.6 Å². The molecular formula is C32H36F2N8O6S2. The number of nitro groups is 1. The molecular weight excluding hydrogens is 695 g/mol. The Balaban J connectivity index is 1.49. The zero-order valence-electron chi connectivity index (χ0n) is 28.2. The van der Waals surface area contributed by atoms with Crippen molar-refractivity contribution in [3.05, 3.63) is 75.5 Å². The number of amides is 1. The molecule has 2 aromatic carbocycles. The number of sulfone groups is 1. The van der Waals surface area contributed by atoms with E-state index in [1.165, 1.54) is 39.2 Å². The third-order valence-electron chi connectivity index (χ3n) is 8.48. The molecule has 3 heterocycles. The molecule has 0 saturated carbocycles. The molecule has 0 atom stereocenters. The number of nitro benzene ring substituents is 1. The van der Waals surface area contributed by atoms with Crippen LogP contribution in [0.4, 0.5) is 31.9 Å². The molecule has 2 aromatic heterocycles. The van der Waals surface area contributed by atoms with Crippen molar-refractivity contribution in [2.24, 2.45) is 5.92 Å². The van der Waals surface area contributed by atoms with Crippen LogP contribution in [0.15, 0.2) is 57.4 Å². The van der Waals surface area contributed by atoms with Crippen LogP contribution >= 0.6 is 11.8 Å². The number of H-pyrrole nitrogens is 1. The van der Waals surface area contributed by atoms with Crippen molar-refractivity contribution in [3.8, 4) is 5.75 Å². The first-order chi connectivity index (χ1) is 23.5. The highest BCUT2D eigenvalue weighted by Gasteiger charge is 2.41. The number of benzene rings is 2. The van der Waals surface area contributed by atoms with Gasteiger partial charge in [-0.2, -0.15) is 9.49 Å². The monoisotopic (exact) mass is 730 g/mol. The summed E-state index contributed by atoms with van der Waals surface area (Å²) in [6, 6.07) is 8.29. The van der Waals surface area contributed by atoms with E-state index < -0.39 is 47.3 Å². The number of aryl methyl sites for hydroxylation is 1. The van der Waals surface area contributed by atoms with Crippen molar-refractivity contribution in [2.45, 2.75) is 53.3 Å². The molecule has 266 valence electrons. The number of nitrogens with zero attached hydrogens (tertiary/aromatic N) is 6. The summed E-state index contributed by atoms with van der Waals surface area (Å²) in [5.41, 5.74) is -0.506. The Morgan fingerprint density at radius 3 is 2.44 bits per heavy atom. The van der Waals surface area contributed by atoms with Gasteiger partial charge in [0.2, 0.25) is 17.5 Å². The van der Waals surface area contributed by atoms with E-state index in [1.807, 2.05) is 11.8 Å². The summed E-state index contributed by atoms with van der Waals surface area (Å²) in [6.07, 6.45) is 1.16. The third-order valence-corrected chi connectivity index (χ3v) is 11.8. The zero-order valence-corrected chi connectivity index (χ0v) is 29.8. The maximum Gasteiger partial charge on any atom is 0.305 e. The number of rotatable bonds is 11. The van der Waals surface area contributed by atoms with Crippen molar-refractivity contribution in [1.82, 2.24) is 25.1 Å². The maximum absolute atomic E-state index is 15.7. The number of hydrogen-bond donors (Lipinski definition) is 2. The van der Waals surface area contributed by atoms with Crippen LogP contribution in [0.5, 0.6) is 5.75 Å². The second kappa shape index (κ2) is 14.2. The number of halogens is 2. The van der Waals surface area contributed by atoms with Gasteiger partial charge in [0.15, 0.2) is 32.4 Å². The Kier molecular flexibility index (Phi) is 10.3. The van der Waals surface area contributed by atoms with Crippen molar-refractivity contribution < 1.29 is 31.7 Å². The molecule has 1 amide bonds. The molecule has 0 radical (unpaired) electrons. The fraction of sp³-hybridized carbons (Fsp3) is 0.375. The van der Waals surface area contributed by atoms with Crippen molar-refractivity contribution in [3.63, 3.8) is 0 Å². The van der Waals surface area contributed by atoms with Gasteiger partial charge in [-0.05, 0) is 63.6 Å². The first kappa shape index (κ1) is 36.4. The van der Waals surface area contributed by atoms with Gasteiger partial charge in [0.1, 0.15) is 5.82 Å². The largest absolute Gasteiger partial charge is 0.490 e. The van der Waals surface area contributed by atoms with Crippen LogP contribution in [0.25, 0.3) is 0 Å². The first-order valence-electron chi connectivity index (χ1n) is 15.4. The molecule has 0 spiro atoms. The standard InChI is InChI=1S/C32H36F2N8O6S2/c1-18-16-25(39-38-18)35-28-27(48-6)29(41-14-12-19(13-15-41)30(43)40(4)5)37-31(36-28)49-24-11-10-20(17-22(24)33)50(46,47)32(2,3)21-8-7-9-23(26(21)34)42(44)45/h7-11,16-17,19H,12-15H2,1-6H3,(H2,35,36,37,38,39). The molecule has 5 rings (SSSR count). The van der Waals surface area contributed by atoms with Gasteiger partial charge in [-0.1, -0.05) is 12.1 Å². The van der Waals surface area contributed by atoms with E-state index in [2.05, 4.69) is 20.5 Å². The number of carbonyl (C=O) groups is 1. The van der Waals surface area contributed by atoms with Crippen LogP contribution in [0.1, 0.15) is 37.9 Å². The summed E-state index contributed by atoms with van der Waals surface area (Å²) in [5, 5.41) is 21.6. The summed E-state index contributed by atoms with van der Waals surface area (Å²) < 4.78 is 62.0. The van der Waals surface area contributed by atoms with Crippen molar-refractivity contribution >= 4 is 50.6 Å². The van der Waals surface area contributed by atoms with Crippen LogP contribution < -0.4 is 15.0 Å². The van der Waals surface area contributed by atoms with Crippen molar-refractivity contribution in [1.29, 1.82) is 0 Å². The molecule has 18 heteroatoms. The van der Waals surface area contributed by atoms with Gasteiger partial charge < -0.3 is 19.9 Å². The minimum absolute atomic E-state index is 0.00347. The predicted molar refractivity (Wildman–Crippen MR) is 183 cm³/mol. The average Bonchev–Trinajstić information content (AvgIpc) is 3.48. The molecule has 4 aromatic rings. The van der Waals surface area contributed by atoms with E-state index in [1.54, 1.807) is 25.1 Å². The van der Waals surface area contributed by atoms with Crippen LogP contribution in [-0.2, 0) is 19.4 Å². The number of piperidine rings is 1. The Labute approximate surface area is 291 Å². The molecule has 1 aliphatic rings. The number of aromatic amines is 1. The predicted octanol–water partition coefficient (Wildman–Crippen LogP) is 5.61. The number of aromatic nitrogens is 4. The minimum atomic E-state index is -4.47. The normalized spacial score (nSPS) is 14.0.